The Morgan fingerprint density at radius 1 is 1.29 bits per heavy atom. The van der Waals surface area contributed by atoms with Gasteiger partial charge in [0.25, 0.3) is 0 Å². The second-order valence-electron chi connectivity index (χ2n) is 4.36. The third-order valence-corrected chi connectivity index (χ3v) is 3.79. The van der Waals surface area contributed by atoms with E-state index in [9.17, 15) is 0 Å². The normalized spacial score (nSPS) is 25.9. The first kappa shape index (κ1) is 8.93. The van der Waals surface area contributed by atoms with E-state index in [0.29, 0.717) is 6.04 Å². The van der Waals surface area contributed by atoms with E-state index in [2.05, 4.69) is 39.4 Å². The molecule has 1 nitrogen and oxygen atoms in total. The summed E-state index contributed by atoms with van der Waals surface area (Å²) >= 11 is 3.54. The molecule has 2 aliphatic rings. The SMILES string of the molecule is Brc1ccc2c(c1)CCNC2C1CC1. The highest BCUT2D eigenvalue weighted by Gasteiger charge is 2.34. The van der Waals surface area contributed by atoms with Gasteiger partial charge in [-0.15, -0.1) is 0 Å². The first-order valence-corrected chi connectivity index (χ1v) is 6.15. The van der Waals surface area contributed by atoms with E-state index in [1.54, 1.807) is 5.56 Å². The lowest BCUT2D eigenvalue weighted by molar-refractivity contribution is 0.458. The molecule has 0 spiro atoms. The Hall–Kier alpha value is -0.340. The van der Waals surface area contributed by atoms with E-state index in [1.807, 2.05) is 0 Å². The molecule has 0 aromatic heterocycles. The van der Waals surface area contributed by atoms with Crippen molar-refractivity contribution in [2.24, 2.45) is 5.92 Å². The first-order chi connectivity index (χ1) is 6.84. The van der Waals surface area contributed by atoms with Crippen LogP contribution in [0, 0.1) is 5.92 Å². The van der Waals surface area contributed by atoms with E-state index in [1.165, 1.54) is 29.3 Å². The summed E-state index contributed by atoms with van der Waals surface area (Å²) < 4.78 is 1.22. The Balaban J connectivity index is 2.01. The van der Waals surface area contributed by atoms with E-state index < -0.39 is 0 Å². The van der Waals surface area contributed by atoms with Gasteiger partial charge < -0.3 is 5.32 Å². The zero-order valence-corrected chi connectivity index (χ0v) is 9.68. The van der Waals surface area contributed by atoms with Gasteiger partial charge >= 0.3 is 0 Å². The van der Waals surface area contributed by atoms with Crippen molar-refractivity contribution < 1.29 is 0 Å². The molecular formula is C12H14BrN. The van der Waals surface area contributed by atoms with Gasteiger partial charge in [-0.1, -0.05) is 22.0 Å². The quantitative estimate of drug-likeness (QED) is 0.810. The molecule has 0 saturated heterocycles. The van der Waals surface area contributed by atoms with Crippen molar-refractivity contribution >= 4 is 15.9 Å². The zero-order valence-electron chi connectivity index (χ0n) is 8.09. The van der Waals surface area contributed by atoms with Crippen LogP contribution in [0.4, 0.5) is 0 Å². The molecule has 1 aliphatic carbocycles. The molecule has 0 amide bonds. The summed E-state index contributed by atoms with van der Waals surface area (Å²) in [5, 5.41) is 3.64. The maximum absolute atomic E-state index is 3.64. The summed E-state index contributed by atoms with van der Waals surface area (Å²) in [4.78, 5) is 0. The fourth-order valence-corrected chi connectivity index (χ4v) is 2.83. The summed E-state index contributed by atoms with van der Waals surface area (Å²) in [5.74, 6) is 0.912. The predicted molar refractivity (Wildman–Crippen MR) is 61.3 cm³/mol. The van der Waals surface area contributed by atoms with Crippen molar-refractivity contribution in [1.82, 2.24) is 5.32 Å². The molecule has 1 fully saturated rings. The molecule has 1 saturated carbocycles. The van der Waals surface area contributed by atoms with Crippen molar-refractivity contribution in [1.29, 1.82) is 0 Å². The number of rotatable bonds is 1. The zero-order chi connectivity index (χ0) is 9.54. The van der Waals surface area contributed by atoms with Crippen molar-refractivity contribution in [3.8, 4) is 0 Å². The van der Waals surface area contributed by atoms with Gasteiger partial charge in [0, 0.05) is 10.5 Å². The molecule has 1 aromatic rings. The Labute approximate surface area is 93.0 Å². The Morgan fingerprint density at radius 2 is 2.14 bits per heavy atom. The van der Waals surface area contributed by atoms with E-state index in [-0.39, 0.29) is 0 Å². The van der Waals surface area contributed by atoms with Crippen molar-refractivity contribution in [3.63, 3.8) is 0 Å². The highest BCUT2D eigenvalue weighted by atomic mass is 79.9. The van der Waals surface area contributed by atoms with Crippen LogP contribution in [0.3, 0.4) is 0 Å². The third kappa shape index (κ3) is 1.51. The molecule has 0 bridgehead atoms. The fourth-order valence-electron chi connectivity index (χ4n) is 2.42. The summed E-state index contributed by atoms with van der Waals surface area (Å²) in [6, 6.07) is 7.38. The molecule has 1 N–H and O–H groups in total. The van der Waals surface area contributed by atoms with Crippen LogP contribution >= 0.6 is 15.9 Å². The average Bonchev–Trinajstić information content (AvgIpc) is 2.99. The van der Waals surface area contributed by atoms with E-state index in [0.717, 1.165) is 12.5 Å². The maximum Gasteiger partial charge on any atom is 0.0351 e. The van der Waals surface area contributed by atoms with E-state index >= 15 is 0 Å². The highest BCUT2D eigenvalue weighted by molar-refractivity contribution is 9.10. The minimum absolute atomic E-state index is 0.645. The molecule has 14 heavy (non-hydrogen) atoms. The molecule has 1 atom stereocenters. The van der Waals surface area contributed by atoms with Gasteiger partial charge in [0.05, 0.1) is 0 Å². The second-order valence-corrected chi connectivity index (χ2v) is 5.28. The minimum Gasteiger partial charge on any atom is -0.309 e. The van der Waals surface area contributed by atoms with Crippen LogP contribution in [0.2, 0.25) is 0 Å². The number of fused-ring (bicyclic) bond motifs is 1. The molecule has 3 rings (SSSR count). The minimum atomic E-state index is 0.645. The lowest BCUT2D eigenvalue weighted by Gasteiger charge is -2.27. The van der Waals surface area contributed by atoms with Crippen molar-refractivity contribution in [2.75, 3.05) is 6.54 Å². The van der Waals surface area contributed by atoms with Gasteiger partial charge in [-0.2, -0.15) is 0 Å². The summed E-state index contributed by atoms with van der Waals surface area (Å²) in [6.07, 6.45) is 4.00. The second kappa shape index (κ2) is 3.35. The lowest BCUT2D eigenvalue weighted by atomic mass is 9.92. The van der Waals surface area contributed by atoms with Crippen molar-refractivity contribution in [2.45, 2.75) is 25.3 Å². The van der Waals surface area contributed by atoms with Crippen LogP contribution in [0.15, 0.2) is 22.7 Å². The largest absolute Gasteiger partial charge is 0.309 e. The van der Waals surface area contributed by atoms with Gasteiger partial charge in [0.15, 0.2) is 0 Å². The van der Waals surface area contributed by atoms with Crippen LogP contribution in [-0.2, 0) is 6.42 Å². The topological polar surface area (TPSA) is 12.0 Å². The van der Waals surface area contributed by atoms with Gasteiger partial charge in [0.1, 0.15) is 0 Å². The van der Waals surface area contributed by atoms with Gasteiger partial charge in [-0.3, -0.25) is 0 Å². The Bertz CT molecular complexity index is 357. The number of hydrogen-bond donors (Lipinski definition) is 1. The van der Waals surface area contributed by atoms with E-state index in [4.69, 9.17) is 0 Å². The molecule has 0 radical (unpaired) electrons. The van der Waals surface area contributed by atoms with Gasteiger partial charge in [0.2, 0.25) is 0 Å². The predicted octanol–water partition coefficient (Wildman–Crippen LogP) is 3.05. The van der Waals surface area contributed by atoms with Crippen LogP contribution in [0.25, 0.3) is 0 Å². The molecule has 1 unspecified atom stereocenters. The van der Waals surface area contributed by atoms with Crippen molar-refractivity contribution in [3.05, 3.63) is 33.8 Å². The molecular weight excluding hydrogens is 238 g/mol. The summed E-state index contributed by atoms with van der Waals surface area (Å²) in [6.45, 7) is 1.14. The van der Waals surface area contributed by atoms with Crippen LogP contribution in [0.5, 0.6) is 0 Å². The number of halogens is 1. The fraction of sp³-hybridized carbons (Fsp3) is 0.500. The first-order valence-electron chi connectivity index (χ1n) is 5.36. The van der Waals surface area contributed by atoms with Gasteiger partial charge in [-0.25, -0.2) is 0 Å². The van der Waals surface area contributed by atoms with Crippen LogP contribution < -0.4 is 5.32 Å². The molecule has 1 aromatic carbocycles. The number of hydrogen-bond acceptors (Lipinski definition) is 1. The molecule has 1 heterocycles. The summed E-state index contributed by atoms with van der Waals surface area (Å²) in [5.41, 5.74) is 3.08. The van der Waals surface area contributed by atoms with Gasteiger partial charge in [-0.05, 0) is 55.0 Å². The highest BCUT2D eigenvalue weighted by Crippen LogP contribution is 2.43. The van der Waals surface area contributed by atoms with Crippen LogP contribution in [-0.4, -0.2) is 6.54 Å². The van der Waals surface area contributed by atoms with Crippen LogP contribution in [0.1, 0.15) is 30.0 Å². The number of nitrogens with one attached hydrogen (secondary N) is 1. The summed E-state index contributed by atoms with van der Waals surface area (Å²) in [7, 11) is 0. The Morgan fingerprint density at radius 3 is 2.93 bits per heavy atom. The maximum atomic E-state index is 3.64. The average molecular weight is 252 g/mol. The molecule has 74 valence electrons. The standard InChI is InChI=1S/C12H14BrN/c13-10-3-4-11-9(7-10)5-6-14-12(11)8-1-2-8/h3-4,7-8,12,14H,1-2,5-6H2. The third-order valence-electron chi connectivity index (χ3n) is 3.29. The molecule has 2 heteroatoms. The Kier molecular flexibility index (Phi) is 2.14. The molecule has 1 aliphatic heterocycles. The smallest absolute Gasteiger partial charge is 0.0351 e. The monoisotopic (exact) mass is 251 g/mol. The lowest BCUT2D eigenvalue weighted by Crippen LogP contribution is -2.31. The number of benzene rings is 1.